The molecule has 118 valence electrons. The largest absolute Gasteiger partial charge is 0.103 e. The quantitative estimate of drug-likeness (QED) is 0.294. The summed E-state index contributed by atoms with van der Waals surface area (Å²) < 4.78 is 0. The van der Waals surface area contributed by atoms with Gasteiger partial charge in [0.1, 0.15) is 0 Å². The van der Waals surface area contributed by atoms with Crippen LogP contribution in [0.25, 0.3) is 0 Å². The van der Waals surface area contributed by atoms with Crippen molar-refractivity contribution >= 4 is 0 Å². The van der Waals surface area contributed by atoms with Crippen molar-refractivity contribution < 1.29 is 0 Å². The van der Waals surface area contributed by atoms with Gasteiger partial charge in [-0.25, -0.2) is 0 Å². The zero-order valence-electron chi connectivity index (χ0n) is 13.8. The van der Waals surface area contributed by atoms with Gasteiger partial charge in [0, 0.05) is 0 Å². The molecule has 0 aromatic rings. The Balaban J connectivity index is -0.000000108. The van der Waals surface area contributed by atoms with Crippen molar-refractivity contribution in [3.05, 3.63) is 24.8 Å². The molecule has 0 fully saturated rings. The molecule has 0 spiro atoms. The molecule has 0 saturated heterocycles. The van der Waals surface area contributed by atoms with Crippen LogP contribution in [-0.4, -0.2) is 0 Å². The maximum Gasteiger partial charge on any atom is -0.0351 e. The van der Waals surface area contributed by atoms with Crippen LogP contribution >= 0.6 is 0 Å². The summed E-state index contributed by atoms with van der Waals surface area (Å²) in [7, 11) is 0. The highest BCUT2D eigenvalue weighted by molar-refractivity contribution is 4.80. The molecule has 0 aliphatic carbocycles. The third-order valence-electron chi connectivity index (χ3n) is 2.38. The Kier molecular flexibility index (Phi) is 51.1. The minimum absolute atomic E-state index is 0. The minimum atomic E-state index is 0. The predicted octanol–water partition coefficient (Wildman–Crippen LogP) is 7.95. The molecule has 0 rings (SSSR count). The third-order valence-corrected chi connectivity index (χ3v) is 2.38. The van der Waals surface area contributed by atoms with Crippen LogP contribution in [0.2, 0.25) is 0 Å². The van der Waals surface area contributed by atoms with Gasteiger partial charge in [0.15, 0.2) is 0 Å². The second-order valence-electron chi connectivity index (χ2n) is 4.19. The average Bonchev–Trinajstić information content (AvgIpc) is 2.43. The number of rotatable bonds is 9. The highest BCUT2D eigenvalue weighted by atomic mass is 13.9. The summed E-state index contributed by atoms with van der Waals surface area (Å²) in [5, 5.41) is 0. The summed E-state index contributed by atoms with van der Waals surface area (Å²) in [5.41, 5.74) is 0. The van der Waals surface area contributed by atoms with Gasteiger partial charge in [-0.15, -0.1) is 6.58 Å². The summed E-state index contributed by atoms with van der Waals surface area (Å²) in [6, 6.07) is 0. The maximum atomic E-state index is 3.60. The first kappa shape index (κ1) is 26.9. The molecule has 0 aliphatic heterocycles. The number of hydrogen-bond acceptors (Lipinski definition) is 0. The Morgan fingerprint density at radius 1 is 0.684 bits per heavy atom. The van der Waals surface area contributed by atoms with Crippen LogP contribution < -0.4 is 0 Å². The first-order chi connectivity index (χ1) is 8.83. The lowest BCUT2D eigenvalue weighted by atomic mass is 10.2. The van der Waals surface area contributed by atoms with E-state index in [4.69, 9.17) is 0 Å². The number of unbranched alkanes of at least 4 members (excludes halogenated alkanes) is 6. The van der Waals surface area contributed by atoms with Gasteiger partial charge in [-0.3, -0.25) is 0 Å². The van der Waals surface area contributed by atoms with Crippen molar-refractivity contribution in [2.24, 2.45) is 0 Å². The molecule has 0 aliphatic rings. The molecule has 19 heavy (non-hydrogen) atoms. The molecule has 0 N–H and O–H groups in total. The van der Waals surface area contributed by atoms with Crippen molar-refractivity contribution in [1.82, 2.24) is 0 Å². The van der Waals surface area contributed by atoms with Crippen molar-refractivity contribution in [3.8, 4) is 0 Å². The van der Waals surface area contributed by atoms with Crippen LogP contribution in [0, 0.1) is 0 Å². The lowest BCUT2D eigenvalue weighted by Gasteiger charge is -1.89. The van der Waals surface area contributed by atoms with E-state index in [-0.39, 0.29) is 7.43 Å². The van der Waals surface area contributed by atoms with E-state index in [1.807, 2.05) is 19.9 Å². The van der Waals surface area contributed by atoms with Gasteiger partial charge in [-0.2, -0.15) is 0 Å². The minimum Gasteiger partial charge on any atom is -0.103 e. The molecular weight excluding hydrogens is 228 g/mol. The average molecular weight is 271 g/mol. The van der Waals surface area contributed by atoms with Crippen LogP contribution in [0.5, 0.6) is 0 Å². The van der Waals surface area contributed by atoms with Gasteiger partial charge in [-0.1, -0.05) is 98.8 Å². The van der Waals surface area contributed by atoms with E-state index in [9.17, 15) is 0 Å². The summed E-state index contributed by atoms with van der Waals surface area (Å²) in [5.74, 6) is 0. The standard InChI is InChI=1S/C10H20.C6H12.C2H6.CH4/c1-3-5-7-9-10-8-6-4-2;1-3-5-6-4-2;1-2;/h9-10H,3-8H2,1-2H3;3H,1,4-6H2,2H3;1-2H3;1H4/b10-9+;;;. The Bertz CT molecular complexity index is 123. The van der Waals surface area contributed by atoms with E-state index in [2.05, 4.69) is 39.5 Å². The molecule has 0 amide bonds. The van der Waals surface area contributed by atoms with Gasteiger partial charge in [-0.05, 0) is 19.3 Å². The molecule has 0 saturated carbocycles. The summed E-state index contributed by atoms with van der Waals surface area (Å²) in [4.78, 5) is 0. The topological polar surface area (TPSA) is 0 Å². The third kappa shape index (κ3) is 46.6. The summed E-state index contributed by atoms with van der Waals surface area (Å²) in [6.45, 7) is 14.3. The maximum absolute atomic E-state index is 3.60. The first-order valence-electron chi connectivity index (χ1n) is 8.09. The van der Waals surface area contributed by atoms with Gasteiger partial charge in [0.2, 0.25) is 0 Å². The predicted molar refractivity (Wildman–Crippen MR) is 96.0 cm³/mol. The number of hydrogen-bond donors (Lipinski definition) is 0. The van der Waals surface area contributed by atoms with Gasteiger partial charge >= 0.3 is 0 Å². The molecule has 0 aromatic carbocycles. The summed E-state index contributed by atoms with van der Waals surface area (Å²) in [6.07, 6.45) is 18.2. The normalized spacial score (nSPS) is 8.68. The first-order valence-corrected chi connectivity index (χ1v) is 8.09. The van der Waals surface area contributed by atoms with Crippen LogP contribution in [0.3, 0.4) is 0 Å². The van der Waals surface area contributed by atoms with Gasteiger partial charge in [0.05, 0.1) is 0 Å². The van der Waals surface area contributed by atoms with Crippen molar-refractivity contribution in [2.75, 3.05) is 0 Å². The van der Waals surface area contributed by atoms with Crippen LogP contribution in [0.4, 0.5) is 0 Å². The Morgan fingerprint density at radius 3 is 1.21 bits per heavy atom. The Morgan fingerprint density at radius 2 is 1.00 bits per heavy atom. The second kappa shape index (κ2) is 36.0. The van der Waals surface area contributed by atoms with E-state index in [0.29, 0.717) is 0 Å². The van der Waals surface area contributed by atoms with E-state index >= 15 is 0 Å². The molecular formula is C19H42. The fourth-order valence-electron chi connectivity index (χ4n) is 1.23. The molecule has 0 atom stereocenters. The molecule has 0 bridgehead atoms. The zero-order valence-corrected chi connectivity index (χ0v) is 13.8. The molecule has 0 aromatic heterocycles. The summed E-state index contributed by atoms with van der Waals surface area (Å²) >= 11 is 0. The fraction of sp³-hybridized carbons (Fsp3) is 0.789. The second-order valence-corrected chi connectivity index (χ2v) is 4.19. The van der Waals surface area contributed by atoms with E-state index in [1.165, 1.54) is 57.8 Å². The zero-order chi connectivity index (χ0) is 14.5. The molecule has 0 heteroatoms. The Labute approximate surface area is 125 Å². The van der Waals surface area contributed by atoms with E-state index < -0.39 is 0 Å². The van der Waals surface area contributed by atoms with Crippen LogP contribution in [-0.2, 0) is 0 Å². The fourth-order valence-corrected chi connectivity index (χ4v) is 1.23. The highest BCUT2D eigenvalue weighted by Crippen LogP contribution is 1.99. The van der Waals surface area contributed by atoms with Gasteiger partial charge in [0.25, 0.3) is 0 Å². The van der Waals surface area contributed by atoms with Crippen molar-refractivity contribution in [1.29, 1.82) is 0 Å². The monoisotopic (exact) mass is 270 g/mol. The lowest BCUT2D eigenvalue weighted by Crippen LogP contribution is -1.69. The highest BCUT2D eigenvalue weighted by Gasteiger charge is 1.78. The van der Waals surface area contributed by atoms with Crippen molar-refractivity contribution in [2.45, 2.75) is 99.8 Å². The van der Waals surface area contributed by atoms with Gasteiger partial charge < -0.3 is 0 Å². The molecule has 0 unspecified atom stereocenters. The van der Waals surface area contributed by atoms with E-state index in [0.717, 1.165) is 0 Å². The van der Waals surface area contributed by atoms with E-state index in [1.54, 1.807) is 0 Å². The number of allylic oxidation sites excluding steroid dienone is 3. The smallest absolute Gasteiger partial charge is 0.0351 e. The SMILES string of the molecule is C.C=CCCCC.CC.CCCC/C=C/CCCC. The van der Waals surface area contributed by atoms with Crippen LogP contribution in [0.15, 0.2) is 24.8 Å². The molecule has 0 heterocycles. The lowest BCUT2D eigenvalue weighted by molar-refractivity contribution is 0.793. The Hall–Kier alpha value is -0.520. The molecule has 0 radical (unpaired) electrons. The molecule has 0 nitrogen and oxygen atoms in total. The van der Waals surface area contributed by atoms with Crippen LogP contribution in [0.1, 0.15) is 99.8 Å². The van der Waals surface area contributed by atoms with Crippen molar-refractivity contribution in [3.63, 3.8) is 0 Å².